The Morgan fingerprint density at radius 2 is 0.121 bits per heavy atom. The Bertz CT molecular complexity index is 98.1. The van der Waals surface area contributed by atoms with E-state index in [2.05, 4.69) is 0 Å². The summed E-state index contributed by atoms with van der Waals surface area (Å²) in [5.74, 6) is 0. The maximum Gasteiger partial charge on any atom is 2.00 e. The molecule has 0 saturated carbocycles. The molecule has 0 aromatic heterocycles. The second-order valence-electron chi connectivity index (χ2n) is 0.565. The smallest absolute Gasteiger partial charge is 0.450 e. The Hall–Kier alpha value is 61.5. The average molecular weight is 2130 g/mol. The van der Waals surface area contributed by atoms with Crippen molar-refractivity contribution < 1.29 is 30.0 Å². The van der Waals surface area contributed by atoms with E-state index < -0.39 is 12.3 Å². The molecular formula is C2H4Ca50O6+100. The van der Waals surface area contributed by atoms with E-state index in [0.717, 1.165) is 0 Å². The van der Waals surface area contributed by atoms with Gasteiger partial charge >= 0.3 is 1900 Å². The van der Waals surface area contributed by atoms with Crippen molar-refractivity contribution in [1.29, 1.82) is 0 Å². The topological polar surface area (TPSA) is 115 Å². The molecule has 0 amide bonds. The van der Waals surface area contributed by atoms with E-state index in [9.17, 15) is 0 Å². The minimum atomic E-state index is -1.83. The van der Waals surface area contributed by atoms with Gasteiger partial charge in [-0.05, 0) is 0 Å². The molecule has 0 heterocycles. The number of carboxylic acid groups (broad SMARTS) is 4. The van der Waals surface area contributed by atoms with Gasteiger partial charge in [0.15, 0.2) is 0 Å². The first-order valence-corrected chi connectivity index (χ1v) is 1.30. The van der Waals surface area contributed by atoms with Gasteiger partial charge in [-0.25, -0.2) is 9.59 Å². The molecule has 0 bridgehead atoms. The number of hydrogen-bond acceptors (Lipinski definition) is 2. The van der Waals surface area contributed by atoms with Crippen molar-refractivity contribution in [1.82, 2.24) is 0 Å². The average Bonchev–Trinajstić information content (AvgIpc) is 1.25. The number of carbonyl (C=O) groups is 2. The summed E-state index contributed by atoms with van der Waals surface area (Å²) < 4.78 is 0. The molecular weight excluding hydrogens is 2120 g/mol. The molecule has 0 radical (unpaired) electrons. The predicted molar refractivity (Wildman–Crippen MR) is 309 cm³/mol. The standard InChI is InChI=1S/2CH2O3.50Ca/c2*2-1(3)4;;;;;;;;;;;;;;;;;;;;;;;;;;;;;;;;;;;;;;;;;;;;;;;;;;/h2*(H2,2,3,4);;;;;;;;;;;;;;;;;;;;;;;;;;;;;;;;;;;;;;;;;;;;;;;;;;/q;;50*+2. The quantitative estimate of drug-likeness (QED) is 0.180. The molecule has 0 saturated heterocycles. The van der Waals surface area contributed by atoms with Crippen LogP contribution in [0, 0.1) is 0 Å². The van der Waals surface area contributed by atoms with E-state index in [1.54, 1.807) is 0 Å². The molecule has 0 unspecified atom stereocenters. The summed E-state index contributed by atoms with van der Waals surface area (Å²) in [6, 6.07) is 0. The van der Waals surface area contributed by atoms with Crippen molar-refractivity contribution >= 4 is 1900 Å². The molecule has 0 aromatic carbocycles. The summed E-state index contributed by atoms with van der Waals surface area (Å²) in [4.78, 5) is 17.1. The van der Waals surface area contributed by atoms with E-state index in [1.807, 2.05) is 0 Å². The van der Waals surface area contributed by atoms with Crippen molar-refractivity contribution in [3.63, 3.8) is 0 Å². The summed E-state index contributed by atoms with van der Waals surface area (Å²) in [6.07, 6.45) is -3.67. The molecule has 0 rings (SSSR count). The van der Waals surface area contributed by atoms with Gasteiger partial charge in [0.2, 0.25) is 0 Å². The minimum Gasteiger partial charge on any atom is -0.450 e. The molecule has 0 spiro atoms. The summed E-state index contributed by atoms with van der Waals surface area (Å²) in [5, 5.41) is 27.9. The fraction of sp³-hybridized carbons (Fsp3) is 0. The number of rotatable bonds is 0. The van der Waals surface area contributed by atoms with Gasteiger partial charge < -0.3 is 20.4 Å². The molecule has 0 aliphatic carbocycles. The Balaban J connectivity index is -0.000000000133. The minimum absolute atomic E-state index is 0. The predicted octanol–water partition coefficient (Wildman–Crippen LogP) is -18.6. The van der Waals surface area contributed by atoms with Gasteiger partial charge in [0.05, 0.1) is 0 Å². The van der Waals surface area contributed by atoms with E-state index in [-0.39, 0.29) is 1890 Å². The third-order valence-electron chi connectivity index (χ3n) is 0. The molecule has 6 nitrogen and oxygen atoms in total. The SMILES string of the molecule is O=C(O)O.O=C(O)O.[Ca+2].[Ca+2].[Ca+2].[Ca+2].[Ca+2].[Ca+2].[Ca+2].[Ca+2].[Ca+2].[Ca+2].[Ca+2].[Ca+2].[Ca+2].[Ca+2].[Ca+2].[Ca+2].[Ca+2].[Ca+2].[Ca+2].[Ca+2].[Ca+2].[Ca+2].[Ca+2].[Ca+2].[Ca+2].[Ca+2].[Ca+2].[Ca+2].[Ca+2].[Ca+2].[Ca+2].[Ca+2].[Ca+2].[Ca+2].[Ca+2].[Ca+2].[Ca+2].[Ca+2].[Ca+2].[Ca+2].[Ca+2].[Ca+2].[Ca+2].[Ca+2].[Ca+2].[Ca+2].[Ca+2].[Ca+2].[Ca+2].[Ca+2]. The van der Waals surface area contributed by atoms with Gasteiger partial charge in [0, 0.05) is 0 Å². The first kappa shape index (κ1) is 368. The van der Waals surface area contributed by atoms with Crippen molar-refractivity contribution in [3.8, 4) is 0 Å². The second kappa shape index (κ2) is 359. The van der Waals surface area contributed by atoms with Crippen molar-refractivity contribution in [3.05, 3.63) is 0 Å². The van der Waals surface area contributed by atoms with E-state index in [4.69, 9.17) is 30.0 Å². The zero-order valence-corrected chi connectivity index (χ0v) is 149. The molecule has 0 atom stereocenters. The van der Waals surface area contributed by atoms with Gasteiger partial charge in [-0.3, -0.25) is 0 Å². The van der Waals surface area contributed by atoms with Crippen molar-refractivity contribution in [2.45, 2.75) is 0 Å². The van der Waals surface area contributed by atoms with Crippen LogP contribution in [0.5, 0.6) is 0 Å². The molecule has 0 aliphatic rings. The summed E-state index contributed by atoms with van der Waals surface area (Å²) >= 11 is 0. The van der Waals surface area contributed by atoms with Crippen LogP contribution in [-0.4, -0.2) is 1920 Å². The molecule has 58 heavy (non-hydrogen) atoms. The van der Waals surface area contributed by atoms with Crippen LogP contribution in [0.4, 0.5) is 9.59 Å². The van der Waals surface area contributed by atoms with E-state index in [1.165, 1.54) is 0 Å². The first-order valence-electron chi connectivity index (χ1n) is 1.30. The Morgan fingerprint density at radius 3 is 0.121 bits per heavy atom. The zero-order chi connectivity index (χ0) is 7.15. The molecule has 0 aromatic rings. The van der Waals surface area contributed by atoms with Gasteiger partial charge in [0.1, 0.15) is 0 Å². The largest absolute Gasteiger partial charge is 2.00 e. The maximum absolute atomic E-state index is 8.56. The Labute approximate surface area is 1850 Å². The Morgan fingerprint density at radius 1 is 0.121 bits per heavy atom. The maximum atomic E-state index is 8.56. The molecule has 0 aliphatic heterocycles. The van der Waals surface area contributed by atoms with E-state index >= 15 is 0 Å². The van der Waals surface area contributed by atoms with Gasteiger partial charge in [0.25, 0.3) is 0 Å². The molecule has 48 valence electrons. The van der Waals surface area contributed by atoms with Gasteiger partial charge in [-0.1, -0.05) is 0 Å². The normalized spacial score (nSPS) is 0.828. The van der Waals surface area contributed by atoms with Gasteiger partial charge in [-0.15, -0.1) is 0 Å². The van der Waals surface area contributed by atoms with Crippen molar-refractivity contribution in [2.75, 3.05) is 0 Å². The second-order valence-corrected chi connectivity index (χ2v) is 0.565. The van der Waals surface area contributed by atoms with Gasteiger partial charge in [-0.2, -0.15) is 0 Å². The van der Waals surface area contributed by atoms with Crippen molar-refractivity contribution in [2.24, 2.45) is 0 Å². The van der Waals surface area contributed by atoms with Crippen LogP contribution in [0.1, 0.15) is 0 Å². The summed E-state index contributed by atoms with van der Waals surface area (Å²) in [5.41, 5.74) is 0. The number of hydrogen-bond donors (Lipinski definition) is 4. The van der Waals surface area contributed by atoms with Crippen LogP contribution in [0.3, 0.4) is 0 Å². The van der Waals surface area contributed by atoms with E-state index in [0.29, 0.717) is 0 Å². The third-order valence-corrected chi connectivity index (χ3v) is 0. The van der Waals surface area contributed by atoms with Crippen LogP contribution in [0.25, 0.3) is 0 Å². The first-order chi connectivity index (χ1) is 3.46. The van der Waals surface area contributed by atoms with Crippen LogP contribution < -0.4 is 0 Å². The third kappa shape index (κ3) is 422. The Kier molecular flexibility index (Phi) is 2280. The monoisotopic (exact) mass is 2120 g/mol. The summed E-state index contributed by atoms with van der Waals surface area (Å²) in [6.45, 7) is 0. The molecule has 56 heteroatoms. The summed E-state index contributed by atoms with van der Waals surface area (Å²) in [7, 11) is 0. The van der Waals surface area contributed by atoms with Crippen LogP contribution in [0.15, 0.2) is 0 Å². The zero-order valence-electron chi connectivity index (χ0n) is 39.0. The van der Waals surface area contributed by atoms with Crippen LogP contribution in [-0.2, 0) is 0 Å². The fourth-order valence-corrected chi connectivity index (χ4v) is 0. The van der Waals surface area contributed by atoms with Crippen LogP contribution >= 0.6 is 0 Å². The fourth-order valence-electron chi connectivity index (χ4n) is 0. The van der Waals surface area contributed by atoms with Crippen LogP contribution in [0.2, 0.25) is 0 Å². The molecule has 0 fully saturated rings. The molecule has 4 N–H and O–H groups in total.